The van der Waals surface area contributed by atoms with Crippen molar-refractivity contribution in [2.24, 2.45) is 16.0 Å². The van der Waals surface area contributed by atoms with E-state index >= 15 is 0 Å². The maximum Gasteiger partial charge on any atom is 0.283 e. The Labute approximate surface area is 229 Å². The highest BCUT2D eigenvalue weighted by atomic mass is 79.9. The van der Waals surface area contributed by atoms with Crippen molar-refractivity contribution >= 4 is 55.7 Å². The number of hydrogen-bond acceptors (Lipinski definition) is 7. The van der Waals surface area contributed by atoms with Gasteiger partial charge in [0.05, 0.1) is 18.8 Å². The van der Waals surface area contributed by atoms with E-state index in [1.807, 2.05) is 50.2 Å². The normalized spacial score (nSPS) is 16.3. The standard InChI is InChI=1S/C27H29BrN4O4S/c1-16(2)26-31-32-24(29)22(25(33)30-27(32)37-26)15-19-14-20(28)6-8-23(19)36-12-10-34-9-11-35-21-7-5-17(3)18(4)13-21/h5-8,13-16,29H,9-12H2,1-4H3/b22-15-,29-24?. The first-order chi connectivity index (χ1) is 17.7. The number of carbonyl (C=O) groups excluding carboxylic acids is 1. The zero-order valence-electron chi connectivity index (χ0n) is 21.2. The van der Waals surface area contributed by atoms with Gasteiger partial charge in [-0.05, 0) is 73.1 Å². The van der Waals surface area contributed by atoms with Crippen LogP contribution in [0, 0.1) is 25.2 Å². The summed E-state index contributed by atoms with van der Waals surface area (Å²) in [6, 6.07) is 11.5. The molecule has 194 valence electrons. The van der Waals surface area contributed by atoms with Crippen molar-refractivity contribution in [1.82, 2.24) is 5.01 Å². The summed E-state index contributed by atoms with van der Waals surface area (Å²) in [6.07, 6.45) is 1.62. The van der Waals surface area contributed by atoms with Crippen LogP contribution >= 0.6 is 27.7 Å². The van der Waals surface area contributed by atoms with Gasteiger partial charge in [0, 0.05) is 16.0 Å². The summed E-state index contributed by atoms with van der Waals surface area (Å²) < 4.78 is 18.1. The molecule has 2 aliphatic heterocycles. The fraction of sp³-hybridized carbons (Fsp3) is 0.333. The quantitative estimate of drug-likeness (QED) is 0.279. The molecule has 1 N–H and O–H groups in total. The first-order valence-corrected chi connectivity index (χ1v) is 13.5. The Morgan fingerprint density at radius 3 is 2.54 bits per heavy atom. The summed E-state index contributed by atoms with van der Waals surface area (Å²) in [6.45, 7) is 9.73. The molecule has 10 heteroatoms. The van der Waals surface area contributed by atoms with E-state index in [1.165, 1.54) is 27.9 Å². The van der Waals surface area contributed by atoms with Gasteiger partial charge in [-0.25, -0.2) is 0 Å². The van der Waals surface area contributed by atoms with E-state index in [-0.39, 0.29) is 17.3 Å². The second kappa shape index (κ2) is 12.1. The number of amidine groups is 2. The number of benzene rings is 2. The van der Waals surface area contributed by atoms with E-state index < -0.39 is 5.91 Å². The van der Waals surface area contributed by atoms with Gasteiger partial charge in [0.25, 0.3) is 5.91 Å². The van der Waals surface area contributed by atoms with Crippen molar-refractivity contribution in [3.8, 4) is 11.5 Å². The monoisotopic (exact) mass is 584 g/mol. The van der Waals surface area contributed by atoms with Gasteiger partial charge in [0.1, 0.15) is 29.8 Å². The van der Waals surface area contributed by atoms with E-state index in [1.54, 1.807) is 6.08 Å². The van der Waals surface area contributed by atoms with Gasteiger partial charge in [-0.2, -0.15) is 15.1 Å². The minimum atomic E-state index is -0.470. The number of rotatable bonds is 10. The van der Waals surface area contributed by atoms with Gasteiger partial charge in [-0.15, -0.1) is 0 Å². The smallest absolute Gasteiger partial charge is 0.283 e. The van der Waals surface area contributed by atoms with Crippen LogP contribution in [0.1, 0.15) is 30.5 Å². The second-order valence-electron chi connectivity index (χ2n) is 8.85. The number of nitrogens with zero attached hydrogens (tertiary/aromatic N) is 3. The van der Waals surface area contributed by atoms with E-state index in [2.05, 4.69) is 39.9 Å². The number of hydrazone groups is 1. The number of halogens is 1. The minimum Gasteiger partial charge on any atom is -0.491 e. The topological polar surface area (TPSA) is 96.6 Å². The fourth-order valence-electron chi connectivity index (χ4n) is 3.49. The van der Waals surface area contributed by atoms with Gasteiger partial charge in [-0.1, -0.05) is 35.8 Å². The largest absolute Gasteiger partial charge is 0.491 e. The Balaban J connectivity index is 1.34. The zero-order chi connectivity index (χ0) is 26.5. The summed E-state index contributed by atoms with van der Waals surface area (Å²) >= 11 is 4.80. The molecule has 0 atom stereocenters. The molecule has 0 radical (unpaired) electrons. The number of nitrogens with one attached hydrogen (secondary N) is 1. The number of hydrogen-bond donors (Lipinski definition) is 1. The summed E-state index contributed by atoms with van der Waals surface area (Å²) in [7, 11) is 0. The van der Waals surface area contributed by atoms with Crippen molar-refractivity contribution in [2.75, 3.05) is 26.4 Å². The Morgan fingerprint density at radius 2 is 1.81 bits per heavy atom. The van der Waals surface area contributed by atoms with Crippen LogP contribution in [-0.2, 0) is 9.53 Å². The van der Waals surface area contributed by atoms with E-state index in [4.69, 9.17) is 19.6 Å². The maximum atomic E-state index is 12.8. The van der Waals surface area contributed by atoms with Gasteiger partial charge in [0.15, 0.2) is 5.84 Å². The van der Waals surface area contributed by atoms with Crippen LogP contribution in [0.3, 0.4) is 0 Å². The van der Waals surface area contributed by atoms with Crippen LogP contribution in [0.5, 0.6) is 11.5 Å². The summed E-state index contributed by atoms with van der Waals surface area (Å²) in [5.41, 5.74) is 3.23. The molecule has 2 aromatic rings. The number of carbonyl (C=O) groups is 1. The van der Waals surface area contributed by atoms with Crippen LogP contribution in [0.25, 0.3) is 6.08 Å². The van der Waals surface area contributed by atoms with Crippen molar-refractivity contribution in [2.45, 2.75) is 27.7 Å². The van der Waals surface area contributed by atoms with Gasteiger partial charge < -0.3 is 14.2 Å². The van der Waals surface area contributed by atoms with Crippen molar-refractivity contribution in [1.29, 1.82) is 5.41 Å². The van der Waals surface area contributed by atoms with E-state index in [0.717, 1.165) is 15.3 Å². The predicted octanol–water partition coefficient (Wildman–Crippen LogP) is 5.82. The first kappa shape index (κ1) is 27.1. The average molecular weight is 586 g/mol. The number of fused-ring (bicyclic) bond motifs is 1. The van der Waals surface area contributed by atoms with Crippen LogP contribution in [0.4, 0.5) is 0 Å². The third kappa shape index (κ3) is 6.68. The van der Waals surface area contributed by atoms with Crippen molar-refractivity contribution in [3.05, 3.63) is 63.1 Å². The highest BCUT2D eigenvalue weighted by Gasteiger charge is 2.36. The average Bonchev–Trinajstić information content (AvgIpc) is 3.29. The number of aryl methyl sites for hydroxylation is 2. The molecule has 0 spiro atoms. The Morgan fingerprint density at radius 1 is 1.05 bits per heavy atom. The number of thioether (sulfide) groups is 1. The molecular weight excluding hydrogens is 556 g/mol. The molecule has 2 aromatic carbocycles. The molecule has 1 amide bonds. The van der Waals surface area contributed by atoms with E-state index in [0.29, 0.717) is 42.9 Å². The number of ether oxygens (including phenoxy) is 3. The first-order valence-electron chi connectivity index (χ1n) is 11.9. The molecule has 2 aliphatic rings. The Hall–Kier alpha value is -2.95. The Bertz CT molecular complexity index is 1310. The summed E-state index contributed by atoms with van der Waals surface area (Å²) in [5.74, 6) is 1.11. The minimum absolute atomic E-state index is 0.00354. The summed E-state index contributed by atoms with van der Waals surface area (Å²) in [4.78, 5) is 16.9. The predicted molar refractivity (Wildman–Crippen MR) is 152 cm³/mol. The molecule has 0 bridgehead atoms. The van der Waals surface area contributed by atoms with Crippen molar-refractivity contribution in [3.63, 3.8) is 0 Å². The van der Waals surface area contributed by atoms with Crippen LogP contribution in [-0.4, -0.2) is 53.4 Å². The lowest BCUT2D eigenvalue weighted by Crippen LogP contribution is -2.35. The van der Waals surface area contributed by atoms with Crippen LogP contribution < -0.4 is 9.47 Å². The fourth-order valence-corrected chi connectivity index (χ4v) is 4.77. The number of amides is 1. The third-order valence-corrected chi connectivity index (χ3v) is 7.40. The molecule has 37 heavy (non-hydrogen) atoms. The molecule has 0 unspecified atom stereocenters. The zero-order valence-corrected chi connectivity index (χ0v) is 23.6. The van der Waals surface area contributed by atoms with Gasteiger partial charge in [0.2, 0.25) is 5.17 Å². The highest BCUT2D eigenvalue weighted by Crippen LogP contribution is 2.32. The van der Waals surface area contributed by atoms with E-state index in [9.17, 15) is 4.79 Å². The molecule has 2 heterocycles. The molecule has 0 fully saturated rings. The van der Waals surface area contributed by atoms with Crippen LogP contribution in [0.15, 0.2) is 56.5 Å². The third-order valence-electron chi connectivity index (χ3n) is 5.70. The molecule has 0 saturated carbocycles. The SMILES string of the molecule is Cc1ccc(OCCOCCOc2ccc(Br)cc2/C=C2/C(=N)N3N=C(C(C)C)SC3=NC2=O)cc1C. The lowest BCUT2D eigenvalue weighted by atomic mass is 10.1. The molecule has 0 aromatic heterocycles. The van der Waals surface area contributed by atoms with Crippen molar-refractivity contribution < 1.29 is 19.0 Å². The molecule has 0 aliphatic carbocycles. The van der Waals surface area contributed by atoms with Gasteiger partial charge in [-0.3, -0.25) is 10.2 Å². The summed E-state index contributed by atoms with van der Waals surface area (Å²) in [5, 5.41) is 15.7. The lowest BCUT2D eigenvalue weighted by molar-refractivity contribution is -0.114. The number of aliphatic imine (C=N–C) groups is 1. The lowest BCUT2D eigenvalue weighted by Gasteiger charge is -2.20. The Kier molecular flexibility index (Phi) is 8.83. The second-order valence-corrected chi connectivity index (χ2v) is 10.8. The molecule has 0 saturated heterocycles. The van der Waals surface area contributed by atoms with Crippen LogP contribution in [0.2, 0.25) is 0 Å². The molecular formula is C27H29BrN4O4S. The highest BCUT2D eigenvalue weighted by molar-refractivity contribution is 9.10. The molecule has 4 rings (SSSR count). The molecule has 8 nitrogen and oxygen atoms in total. The maximum absolute atomic E-state index is 12.8. The van der Waals surface area contributed by atoms with Gasteiger partial charge >= 0.3 is 0 Å².